The van der Waals surface area contributed by atoms with Gasteiger partial charge in [-0.25, -0.2) is 4.98 Å². The molecule has 0 aliphatic heterocycles. The van der Waals surface area contributed by atoms with Gasteiger partial charge in [-0.1, -0.05) is 12.8 Å². The number of hydrogen-bond acceptors (Lipinski definition) is 2. The molecule has 0 aliphatic rings. The van der Waals surface area contributed by atoms with Crippen molar-refractivity contribution in [2.24, 2.45) is 0 Å². The van der Waals surface area contributed by atoms with Crippen LogP contribution in [-0.2, 0) is 6.42 Å². The second-order valence-electron chi connectivity index (χ2n) is 1.63. The van der Waals surface area contributed by atoms with Crippen molar-refractivity contribution in [1.82, 2.24) is 4.98 Å². The van der Waals surface area contributed by atoms with Gasteiger partial charge in [0.25, 0.3) is 0 Å². The van der Waals surface area contributed by atoms with Crippen LogP contribution >= 0.6 is 11.3 Å². The molecule has 9 heavy (non-hydrogen) atoms. The molecule has 0 atom stereocenters. The highest BCUT2D eigenvalue weighted by Gasteiger charge is 1.97. The Balaban J connectivity index is 3.02. The van der Waals surface area contributed by atoms with E-state index in [1.807, 2.05) is 0 Å². The van der Waals surface area contributed by atoms with E-state index in [2.05, 4.69) is 17.8 Å². The molecular formula is C7H7NS. The molecule has 1 heterocycles. The molecule has 0 aromatic carbocycles. The first-order valence-electron chi connectivity index (χ1n) is 2.77. The Kier molecular flexibility index (Phi) is 1.86. The number of aryl methyl sites for hydroxylation is 1. The Morgan fingerprint density at radius 1 is 1.89 bits per heavy atom. The van der Waals surface area contributed by atoms with Gasteiger partial charge < -0.3 is 0 Å². The second-order valence-corrected chi connectivity index (χ2v) is 2.48. The lowest BCUT2D eigenvalue weighted by atomic mass is 10.3. The summed E-state index contributed by atoms with van der Waals surface area (Å²) in [6.07, 6.45) is 6.12. The highest BCUT2D eigenvalue weighted by atomic mass is 32.1. The van der Waals surface area contributed by atoms with E-state index >= 15 is 0 Å². The van der Waals surface area contributed by atoms with Gasteiger partial charge in [-0.3, -0.25) is 0 Å². The fourth-order valence-corrected chi connectivity index (χ4v) is 1.32. The monoisotopic (exact) mass is 137 g/mol. The molecule has 0 amide bonds. The topological polar surface area (TPSA) is 12.9 Å². The maximum Gasteiger partial charge on any atom is 0.0996 e. The van der Waals surface area contributed by atoms with E-state index in [-0.39, 0.29) is 0 Å². The first-order chi connectivity index (χ1) is 4.38. The van der Waals surface area contributed by atoms with E-state index in [1.165, 1.54) is 11.3 Å². The SMILES string of the molecule is C#Cc1scnc1CC. The summed E-state index contributed by atoms with van der Waals surface area (Å²) in [6, 6.07) is 0. The highest BCUT2D eigenvalue weighted by molar-refractivity contribution is 7.10. The first kappa shape index (κ1) is 6.31. The molecule has 1 nitrogen and oxygen atoms in total. The maximum absolute atomic E-state index is 5.19. The number of nitrogens with zero attached hydrogens (tertiary/aromatic N) is 1. The summed E-state index contributed by atoms with van der Waals surface area (Å²) in [5.41, 5.74) is 2.83. The average molecular weight is 137 g/mol. The Bertz CT molecular complexity index is 231. The minimum atomic E-state index is 0.934. The molecule has 0 unspecified atom stereocenters. The third kappa shape index (κ3) is 1.11. The number of hydrogen-bond donors (Lipinski definition) is 0. The molecule has 1 aromatic rings. The number of rotatable bonds is 1. The lowest BCUT2D eigenvalue weighted by Crippen LogP contribution is -1.80. The summed E-state index contributed by atoms with van der Waals surface area (Å²) < 4.78 is 0. The summed E-state index contributed by atoms with van der Waals surface area (Å²) in [6.45, 7) is 2.05. The molecule has 0 aliphatic carbocycles. The molecule has 0 spiro atoms. The van der Waals surface area contributed by atoms with Crippen LogP contribution in [0.25, 0.3) is 0 Å². The summed E-state index contributed by atoms with van der Waals surface area (Å²) in [4.78, 5) is 5.05. The Labute approximate surface area is 58.8 Å². The highest BCUT2D eigenvalue weighted by Crippen LogP contribution is 2.10. The molecule has 0 bridgehead atoms. The van der Waals surface area contributed by atoms with Crippen LogP contribution in [0.3, 0.4) is 0 Å². The van der Waals surface area contributed by atoms with E-state index in [9.17, 15) is 0 Å². The summed E-state index contributed by atoms with van der Waals surface area (Å²) in [5.74, 6) is 2.58. The molecule has 46 valence electrons. The summed E-state index contributed by atoms with van der Waals surface area (Å²) >= 11 is 1.53. The van der Waals surface area contributed by atoms with Crippen LogP contribution in [0.4, 0.5) is 0 Å². The largest absolute Gasteiger partial charge is 0.248 e. The normalized spacial score (nSPS) is 8.89. The molecule has 1 rings (SSSR count). The van der Waals surface area contributed by atoms with Crippen LogP contribution in [0.15, 0.2) is 5.51 Å². The molecule has 0 saturated heterocycles. The zero-order valence-electron chi connectivity index (χ0n) is 5.22. The molecule has 0 radical (unpaired) electrons. The van der Waals surface area contributed by atoms with E-state index in [0.29, 0.717) is 0 Å². The van der Waals surface area contributed by atoms with Gasteiger partial charge in [-0.2, -0.15) is 0 Å². The van der Waals surface area contributed by atoms with Crippen LogP contribution in [0.2, 0.25) is 0 Å². The quantitative estimate of drug-likeness (QED) is 0.537. The fourth-order valence-electron chi connectivity index (χ4n) is 0.638. The van der Waals surface area contributed by atoms with Gasteiger partial charge in [0.2, 0.25) is 0 Å². The van der Waals surface area contributed by atoms with Crippen molar-refractivity contribution >= 4 is 11.3 Å². The second kappa shape index (κ2) is 2.65. The molecular weight excluding hydrogens is 130 g/mol. The van der Waals surface area contributed by atoms with Crippen LogP contribution in [-0.4, -0.2) is 4.98 Å². The van der Waals surface area contributed by atoms with Crippen LogP contribution in [0.1, 0.15) is 17.5 Å². The predicted molar refractivity (Wildman–Crippen MR) is 39.4 cm³/mol. The number of aromatic nitrogens is 1. The Morgan fingerprint density at radius 3 is 3.11 bits per heavy atom. The van der Waals surface area contributed by atoms with Crippen molar-refractivity contribution in [2.75, 3.05) is 0 Å². The lowest BCUT2D eigenvalue weighted by molar-refractivity contribution is 1.06. The molecule has 0 fully saturated rings. The van der Waals surface area contributed by atoms with Gasteiger partial charge in [0.1, 0.15) is 0 Å². The minimum Gasteiger partial charge on any atom is -0.248 e. The predicted octanol–water partition coefficient (Wildman–Crippen LogP) is 1.69. The average Bonchev–Trinajstić information content (AvgIpc) is 2.33. The first-order valence-corrected chi connectivity index (χ1v) is 3.65. The van der Waals surface area contributed by atoms with Crippen molar-refractivity contribution < 1.29 is 0 Å². The van der Waals surface area contributed by atoms with Crippen LogP contribution in [0.5, 0.6) is 0 Å². The lowest BCUT2D eigenvalue weighted by Gasteiger charge is -1.85. The van der Waals surface area contributed by atoms with E-state index in [1.54, 1.807) is 5.51 Å². The van der Waals surface area contributed by atoms with Gasteiger partial charge in [-0.05, 0) is 6.42 Å². The van der Waals surface area contributed by atoms with Crippen molar-refractivity contribution in [3.63, 3.8) is 0 Å². The van der Waals surface area contributed by atoms with Crippen molar-refractivity contribution in [1.29, 1.82) is 0 Å². The van der Waals surface area contributed by atoms with Crippen molar-refractivity contribution in [2.45, 2.75) is 13.3 Å². The Morgan fingerprint density at radius 2 is 2.67 bits per heavy atom. The zero-order chi connectivity index (χ0) is 6.69. The van der Waals surface area contributed by atoms with Gasteiger partial charge in [0.05, 0.1) is 16.1 Å². The fraction of sp³-hybridized carbons (Fsp3) is 0.286. The molecule has 2 heteroatoms. The summed E-state index contributed by atoms with van der Waals surface area (Å²) in [5, 5.41) is 0. The van der Waals surface area contributed by atoms with Crippen LogP contribution < -0.4 is 0 Å². The third-order valence-corrected chi connectivity index (χ3v) is 1.91. The molecule has 1 aromatic heterocycles. The van der Waals surface area contributed by atoms with Gasteiger partial charge in [0, 0.05) is 0 Å². The smallest absolute Gasteiger partial charge is 0.0996 e. The summed E-state index contributed by atoms with van der Waals surface area (Å²) in [7, 11) is 0. The molecule has 0 N–H and O–H groups in total. The number of terminal acetylenes is 1. The van der Waals surface area contributed by atoms with Gasteiger partial charge in [-0.15, -0.1) is 17.8 Å². The van der Waals surface area contributed by atoms with Crippen molar-refractivity contribution in [3.8, 4) is 12.3 Å². The third-order valence-electron chi connectivity index (χ3n) is 1.11. The minimum absolute atomic E-state index is 0.934. The van der Waals surface area contributed by atoms with Gasteiger partial charge >= 0.3 is 0 Å². The standard InChI is InChI=1S/C7H7NS/c1-3-6-7(4-2)9-5-8-6/h2,5H,3H2,1H3. The Hall–Kier alpha value is -0.810. The maximum atomic E-state index is 5.19. The van der Waals surface area contributed by atoms with Gasteiger partial charge in [0.15, 0.2) is 0 Å². The van der Waals surface area contributed by atoms with E-state index < -0.39 is 0 Å². The number of thiazole rings is 1. The van der Waals surface area contributed by atoms with Crippen LogP contribution in [0, 0.1) is 12.3 Å². The van der Waals surface area contributed by atoms with Crippen molar-refractivity contribution in [3.05, 3.63) is 16.1 Å². The zero-order valence-corrected chi connectivity index (χ0v) is 6.03. The molecule has 0 saturated carbocycles. The van der Waals surface area contributed by atoms with E-state index in [4.69, 9.17) is 6.42 Å². The van der Waals surface area contributed by atoms with E-state index in [0.717, 1.165) is 17.0 Å².